The third-order valence-electron chi connectivity index (χ3n) is 6.35. The molecule has 0 unspecified atom stereocenters. The van der Waals surface area contributed by atoms with E-state index in [4.69, 9.17) is 9.40 Å². The highest BCUT2D eigenvalue weighted by Crippen LogP contribution is 2.45. The van der Waals surface area contributed by atoms with E-state index in [0.29, 0.717) is 0 Å². The Kier molecular flexibility index (Phi) is 3.84. The number of fused-ring (bicyclic) bond motifs is 7. The Balaban J connectivity index is 1.79. The summed E-state index contributed by atoms with van der Waals surface area (Å²) in [5, 5.41) is 5.67. The molecule has 0 spiro atoms. The lowest BCUT2D eigenvalue weighted by molar-refractivity contribution is 0.670. The van der Waals surface area contributed by atoms with Crippen molar-refractivity contribution in [2.24, 2.45) is 0 Å². The minimum Gasteiger partial charge on any atom is -0.455 e. The largest absolute Gasteiger partial charge is 0.455 e. The van der Waals surface area contributed by atoms with Gasteiger partial charge in [-0.25, -0.2) is 4.98 Å². The molecule has 0 radical (unpaired) electrons. The van der Waals surface area contributed by atoms with Crippen LogP contribution in [0.2, 0.25) is 0 Å². The number of para-hydroxylation sites is 2. The first-order valence-electron chi connectivity index (χ1n) is 11.0. The molecule has 33 heavy (non-hydrogen) atoms. The molecule has 154 valence electrons. The zero-order valence-corrected chi connectivity index (χ0v) is 17.7. The van der Waals surface area contributed by atoms with Crippen molar-refractivity contribution in [3.63, 3.8) is 0 Å². The highest BCUT2D eigenvalue weighted by Gasteiger charge is 2.20. The molecule has 3 nitrogen and oxygen atoms in total. The Morgan fingerprint density at radius 3 is 2.15 bits per heavy atom. The maximum absolute atomic E-state index is 6.50. The molecule has 3 heteroatoms. The summed E-state index contributed by atoms with van der Waals surface area (Å²) in [6.45, 7) is 0. The monoisotopic (exact) mass is 422 g/mol. The number of pyridine rings is 2. The molecule has 3 aromatic heterocycles. The van der Waals surface area contributed by atoms with Gasteiger partial charge in [-0.2, -0.15) is 0 Å². The van der Waals surface area contributed by atoms with Crippen LogP contribution in [0.4, 0.5) is 0 Å². The number of nitrogens with zero attached hydrogens (tertiary/aromatic N) is 2. The van der Waals surface area contributed by atoms with E-state index in [1.807, 2.05) is 48.8 Å². The number of aromatic nitrogens is 2. The molecule has 0 atom stereocenters. The molecule has 3 heterocycles. The standard InChI is InChI=1S/C30H18N2O/c1-2-8-20(9-3-1)29-24-18-23(19-14-16-31-17-15-19)30-28(22-11-5-7-13-26(22)33-30)27(24)21-10-4-6-12-25(21)32-29/h1-18H. The quantitative estimate of drug-likeness (QED) is 0.265. The second kappa shape index (κ2) is 7.01. The van der Waals surface area contributed by atoms with E-state index in [1.54, 1.807) is 0 Å². The minimum absolute atomic E-state index is 0.887. The molecule has 0 N–H and O–H groups in total. The van der Waals surface area contributed by atoms with Crippen LogP contribution in [0.15, 0.2) is 114 Å². The van der Waals surface area contributed by atoms with Crippen LogP contribution < -0.4 is 0 Å². The summed E-state index contributed by atoms with van der Waals surface area (Å²) in [7, 11) is 0. The average Bonchev–Trinajstić information content (AvgIpc) is 3.28. The molecule has 0 saturated carbocycles. The van der Waals surface area contributed by atoms with Gasteiger partial charge in [-0.1, -0.05) is 66.7 Å². The topological polar surface area (TPSA) is 38.9 Å². The van der Waals surface area contributed by atoms with Gasteiger partial charge in [0.2, 0.25) is 0 Å². The second-order valence-electron chi connectivity index (χ2n) is 8.23. The van der Waals surface area contributed by atoms with E-state index >= 15 is 0 Å². The van der Waals surface area contributed by atoms with E-state index in [9.17, 15) is 0 Å². The van der Waals surface area contributed by atoms with E-state index in [-0.39, 0.29) is 0 Å². The molecular formula is C30H18N2O. The molecule has 0 saturated heterocycles. The lowest BCUT2D eigenvalue weighted by atomic mass is 9.92. The van der Waals surface area contributed by atoms with E-state index in [2.05, 4.69) is 65.6 Å². The van der Waals surface area contributed by atoms with Crippen molar-refractivity contribution in [2.75, 3.05) is 0 Å². The summed E-state index contributed by atoms with van der Waals surface area (Å²) in [4.78, 5) is 9.36. The van der Waals surface area contributed by atoms with Crippen molar-refractivity contribution >= 4 is 43.6 Å². The zero-order valence-electron chi connectivity index (χ0n) is 17.7. The minimum atomic E-state index is 0.887. The van der Waals surface area contributed by atoms with Gasteiger partial charge in [0.25, 0.3) is 0 Å². The molecule has 0 fully saturated rings. The normalized spacial score (nSPS) is 11.6. The second-order valence-corrected chi connectivity index (χ2v) is 8.23. The van der Waals surface area contributed by atoms with Gasteiger partial charge in [-0.15, -0.1) is 0 Å². The number of furan rings is 1. The molecular weight excluding hydrogens is 404 g/mol. The first-order valence-corrected chi connectivity index (χ1v) is 11.0. The Bertz CT molecular complexity index is 1760. The van der Waals surface area contributed by atoms with Crippen LogP contribution in [0.5, 0.6) is 0 Å². The van der Waals surface area contributed by atoms with Crippen LogP contribution >= 0.6 is 0 Å². The highest BCUT2D eigenvalue weighted by atomic mass is 16.3. The third-order valence-corrected chi connectivity index (χ3v) is 6.35. The molecule has 0 aliphatic rings. The van der Waals surface area contributed by atoms with Crippen LogP contribution in [0.25, 0.3) is 66.0 Å². The molecule has 0 bridgehead atoms. The Hall–Kier alpha value is -4.50. The van der Waals surface area contributed by atoms with Gasteiger partial charge >= 0.3 is 0 Å². The van der Waals surface area contributed by atoms with Gasteiger partial charge in [-0.05, 0) is 35.9 Å². The fourth-order valence-electron chi connectivity index (χ4n) is 4.89. The van der Waals surface area contributed by atoms with Crippen molar-refractivity contribution in [3.8, 4) is 22.4 Å². The summed E-state index contributed by atoms with van der Waals surface area (Å²) in [6, 6.07) is 33.4. The summed E-state index contributed by atoms with van der Waals surface area (Å²) in [6.07, 6.45) is 3.65. The number of rotatable bonds is 2. The van der Waals surface area contributed by atoms with E-state index in [0.717, 1.165) is 60.6 Å². The van der Waals surface area contributed by atoms with Gasteiger partial charge in [-0.3, -0.25) is 4.98 Å². The van der Waals surface area contributed by atoms with Crippen molar-refractivity contribution in [1.29, 1.82) is 0 Å². The van der Waals surface area contributed by atoms with Gasteiger partial charge < -0.3 is 4.42 Å². The van der Waals surface area contributed by atoms with Crippen LogP contribution in [-0.4, -0.2) is 9.97 Å². The lowest BCUT2D eigenvalue weighted by Gasteiger charge is -2.13. The Morgan fingerprint density at radius 1 is 0.576 bits per heavy atom. The smallest absolute Gasteiger partial charge is 0.143 e. The number of benzene rings is 4. The summed E-state index contributed by atoms with van der Waals surface area (Å²) in [5.41, 5.74) is 6.95. The number of hydrogen-bond acceptors (Lipinski definition) is 3. The van der Waals surface area contributed by atoms with E-state index < -0.39 is 0 Å². The van der Waals surface area contributed by atoms with Crippen LogP contribution in [-0.2, 0) is 0 Å². The predicted octanol–water partition coefficient (Wildman–Crippen LogP) is 8.02. The third kappa shape index (κ3) is 2.69. The first kappa shape index (κ1) is 18.1. The Labute approximate surface area is 190 Å². The van der Waals surface area contributed by atoms with E-state index in [1.165, 1.54) is 5.39 Å². The van der Waals surface area contributed by atoms with Crippen LogP contribution in [0.1, 0.15) is 0 Å². The van der Waals surface area contributed by atoms with Crippen molar-refractivity contribution in [2.45, 2.75) is 0 Å². The van der Waals surface area contributed by atoms with Gasteiger partial charge in [0.15, 0.2) is 0 Å². The molecule has 7 rings (SSSR count). The van der Waals surface area contributed by atoms with Crippen molar-refractivity contribution < 1.29 is 4.42 Å². The maximum atomic E-state index is 6.50. The summed E-state index contributed by atoms with van der Waals surface area (Å²) >= 11 is 0. The Morgan fingerprint density at radius 2 is 1.30 bits per heavy atom. The van der Waals surface area contributed by atoms with Crippen LogP contribution in [0, 0.1) is 0 Å². The first-order chi connectivity index (χ1) is 16.4. The molecule has 7 aromatic rings. The number of hydrogen-bond donors (Lipinski definition) is 0. The average molecular weight is 422 g/mol. The zero-order chi connectivity index (χ0) is 21.8. The SMILES string of the molecule is c1ccc(-c2nc3ccccc3c3c2cc(-c2ccncc2)c2oc4ccccc4c23)cc1. The fourth-order valence-corrected chi connectivity index (χ4v) is 4.89. The molecule has 0 aliphatic carbocycles. The summed E-state index contributed by atoms with van der Waals surface area (Å²) < 4.78 is 6.50. The fraction of sp³-hybridized carbons (Fsp3) is 0. The highest BCUT2D eigenvalue weighted by molar-refractivity contribution is 6.30. The van der Waals surface area contributed by atoms with Gasteiger partial charge in [0.1, 0.15) is 11.2 Å². The van der Waals surface area contributed by atoms with Gasteiger partial charge in [0, 0.05) is 50.5 Å². The van der Waals surface area contributed by atoms with Crippen molar-refractivity contribution in [3.05, 3.63) is 109 Å². The predicted molar refractivity (Wildman–Crippen MR) is 135 cm³/mol. The van der Waals surface area contributed by atoms with Crippen LogP contribution in [0.3, 0.4) is 0 Å². The molecule has 0 amide bonds. The lowest BCUT2D eigenvalue weighted by Crippen LogP contribution is -1.92. The molecule has 4 aromatic carbocycles. The van der Waals surface area contributed by atoms with Gasteiger partial charge in [0.05, 0.1) is 11.2 Å². The van der Waals surface area contributed by atoms with Crippen molar-refractivity contribution in [1.82, 2.24) is 9.97 Å². The molecule has 0 aliphatic heterocycles. The summed E-state index contributed by atoms with van der Waals surface area (Å²) in [5.74, 6) is 0. The maximum Gasteiger partial charge on any atom is 0.143 e.